The first kappa shape index (κ1) is 14.5. The monoisotopic (exact) mass is 305 g/mol. The molecule has 0 amide bonds. The van der Waals surface area contributed by atoms with Gasteiger partial charge in [0.25, 0.3) is 5.56 Å². The van der Waals surface area contributed by atoms with Crippen molar-refractivity contribution in [1.29, 1.82) is 0 Å². The molecule has 0 atom stereocenters. The number of aromatic nitrogens is 1. The van der Waals surface area contributed by atoms with E-state index >= 15 is 0 Å². The highest BCUT2D eigenvalue weighted by Crippen LogP contribution is 2.14. The number of sulfonamides is 1. The molecule has 106 valence electrons. The second-order valence-corrected chi connectivity index (χ2v) is 6.83. The number of nitrogens with one attached hydrogen (secondary N) is 2. The van der Waals surface area contributed by atoms with Gasteiger partial charge in [0.1, 0.15) is 5.02 Å². The van der Waals surface area contributed by atoms with Crippen LogP contribution >= 0.6 is 11.6 Å². The predicted octanol–water partition coefficient (Wildman–Crippen LogP) is 0.401. The highest BCUT2D eigenvalue weighted by atomic mass is 35.5. The van der Waals surface area contributed by atoms with Gasteiger partial charge in [0.05, 0.1) is 4.90 Å². The van der Waals surface area contributed by atoms with Gasteiger partial charge in [-0.15, -0.1) is 0 Å². The average molecular weight is 306 g/mol. The van der Waals surface area contributed by atoms with Gasteiger partial charge in [0, 0.05) is 12.2 Å². The largest absolute Gasteiger partial charge is 0.326 e. The molecule has 2 heterocycles. The van der Waals surface area contributed by atoms with Crippen molar-refractivity contribution in [3.05, 3.63) is 27.6 Å². The quantitative estimate of drug-likeness (QED) is 0.847. The summed E-state index contributed by atoms with van der Waals surface area (Å²) in [6, 6.07) is 1.09. The lowest BCUT2D eigenvalue weighted by molar-refractivity contribution is 0.248. The molecule has 0 saturated carbocycles. The van der Waals surface area contributed by atoms with Crippen LogP contribution in [0.3, 0.4) is 0 Å². The standard InChI is InChI=1S/C11H16ClN3O3S/c1-15-4-2-8(3-5-15)14-19(17,18)9-6-10(12)11(16)13-7-9/h6-8,14H,2-5H2,1H3,(H,13,16). The number of rotatable bonds is 3. The van der Waals surface area contributed by atoms with Crippen LogP contribution in [0.1, 0.15) is 12.8 Å². The summed E-state index contributed by atoms with van der Waals surface area (Å²) in [5.41, 5.74) is -0.500. The fraction of sp³-hybridized carbons (Fsp3) is 0.545. The third-order valence-corrected chi connectivity index (χ3v) is 4.96. The van der Waals surface area contributed by atoms with Crippen molar-refractivity contribution in [2.24, 2.45) is 0 Å². The Balaban J connectivity index is 2.14. The van der Waals surface area contributed by atoms with Gasteiger partial charge in [-0.2, -0.15) is 0 Å². The summed E-state index contributed by atoms with van der Waals surface area (Å²) in [5, 5.41) is -0.133. The molecule has 2 rings (SSSR count). The molecule has 0 radical (unpaired) electrons. The van der Waals surface area contributed by atoms with E-state index in [1.54, 1.807) is 0 Å². The van der Waals surface area contributed by atoms with Crippen LogP contribution in [0.4, 0.5) is 0 Å². The first-order valence-corrected chi connectivity index (χ1v) is 7.84. The smallest absolute Gasteiger partial charge is 0.266 e. The number of nitrogens with zero attached hydrogens (tertiary/aromatic N) is 1. The van der Waals surface area contributed by atoms with Gasteiger partial charge >= 0.3 is 0 Å². The van der Waals surface area contributed by atoms with E-state index in [0.717, 1.165) is 38.2 Å². The van der Waals surface area contributed by atoms with E-state index in [4.69, 9.17) is 11.6 Å². The normalized spacial score (nSPS) is 18.6. The highest BCUT2D eigenvalue weighted by Gasteiger charge is 2.23. The number of H-pyrrole nitrogens is 1. The van der Waals surface area contributed by atoms with Crippen molar-refractivity contribution in [2.75, 3.05) is 20.1 Å². The Labute approximate surface area is 116 Å². The molecule has 1 saturated heterocycles. The first-order valence-electron chi connectivity index (χ1n) is 5.97. The second kappa shape index (κ2) is 5.62. The van der Waals surface area contributed by atoms with Gasteiger partial charge in [-0.25, -0.2) is 13.1 Å². The van der Waals surface area contributed by atoms with Gasteiger partial charge in [0.15, 0.2) is 0 Å². The zero-order chi connectivity index (χ0) is 14.0. The number of aromatic amines is 1. The zero-order valence-electron chi connectivity index (χ0n) is 10.5. The second-order valence-electron chi connectivity index (χ2n) is 4.71. The maximum atomic E-state index is 12.1. The molecule has 19 heavy (non-hydrogen) atoms. The lowest BCUT2D eigenvalue weighted by Crippen LogP contribution is -2.43. The fourth-order valence-electron chi connectivity index (χ4n) is 2.01. The van der Waals surface area contributed by atoms with Gasteiger partial charge in [-0.1, -0.05) is 11.6 Å². The van der Waals surface area contributed by atoms with E-state index in [1.807, 2.05) is 7.05 Å². The number of piperidine rings is 1. The van der Waals surface area contributed by atoms with Gasteiger partial charge in [-0.05, 0) is 39.0 Å². The summed E-state index contributed by atoms with van der Waals surface area (Å²) in [5.74, 6) is 0. The van der Waals surface area contributed by atoms with E-state index in [0.29, 0.717) is 0 Å². The Kier molecular flexibility index (Phi) is 4.29. The molecule has 2 N–H and O–H groups in total. The summed E-state index contributed by atoms with van der Waals surface area (Å²) >= 11 is 5.64. The van der Waals surface area contributed by atoms with Crippen LogP contribution in [-0.2, 0) is 10.0 Å². The summed E-state index contributed by atoms with van der Waals surface area (Å²) in [6.45, 7) is 1.72. The molecule has 6 nitrogen and oxygen atoms in total. The molecule has 0 aromatic carbocycles. The molecule has 1 fully saturated rings. The summed E-state index contributed by atoms with van der Waals surface area (Å²) in [7, 11) is -1.63. The Bertz CT molecular complexity index is 606. The molecule has 0 aliphatic carbocycles. The van der Waals surface area contributed by atoms with Crippen molar-refractivity contribution in [3.63, 3.8) is 0 Å². The minimum absolute atomic E-state index is 0.0176. The molecule has 1 aromatic heterocycles. The summed E-state index contributed by atoms with van der Waals surface area (Å²) in [4.78, 5) is 15.6. The Morgan fingerprint density at radius 3 is 2.63 bits per heavy atom. The van der Waals surface area contributed by atoms with E-state index in [9.17, 15) is 13.2 Å². The Morgan fingerprint density at radius 1 is 1.42 bits per heavy atom. The van der Waals surface area contributed by atoms with Gasteiger partial charge in [0.2, 0.25) is 10.0 Å². The van der Waals surface area contributed by atoms with Crippen molar-refractivity contribution in [1.82, 2.24) is 14.6 Å². The Hall–Kier alpha value is -0.890. The van der Waals surface area contributed by atoms with Crippen molar-refractivity contribution < 1.29 is 8.42 Å². The summed E-state index contributed by atoms with van der Waals surface area (Å²) in [6.07, 6.45) is 2.70. The molecule has 0 spiro atoms. The lowest BCUT2D eigenvalue weighted by Gasteiger charge is -2.29. The minimum atomic E-state index is -3.64. The van der Waals surface area contributed by atoms with E-state index in [1.165, 1.54) is 0 Å². The highest BCUT2D eigenvalue weighted by molar-refractivity contribution is 7.89. The Morgan fingerprint density at radius 2 is 2.05 bits per heavy atom. The van der Waals surface area contributed by atoms with Crippen molar-refractivity contribution in [3.8, 4) is 0 Å². The molecular formula is C11H16ClN3O3S. The van der Waals surface area contributed by atoms with E-state index < -0.39 is 15.6 Å². The zero-order valence-corrected chi connectivity index (χ0v) is 12.1. The number of pyridine rings is 1. The van der Waals surface area contributed by atoms with Gasteiger partial charge in [-0.3, -0.25) is 4.79 Å². The molecule has 1 aliphatic heterocycles. The third-order valence-electron chi connectivity index (χ3n) is 3.18. The minimum Gasteiger partial charge on any atom is -0.326 e. The average Bonchev–Trinajstić information content (AvgIpc) is 2.35. The van der Waals surface area contributed by atoms with Crippen LogP contribution in [0.2, 0.25) is 5.02 Å². The summed E-state index contributed by atoms with van der Waals surface area (Å²) < 4.78 is 26.9. The van der Waals surface area contributed by atoms with Crippen LogP contribution < -0.4 is 10.3 Å². The van der Waals surface area contributed by atoms with Crippen LogP contribution in [0, 0.1) is 0 Å². The van der Waals surface area contributed by atoms with E-state index in [2.05, 4.69) is 14.6 Å². The molecule has 1 aliphatic rings. The van der Waals surface area contributed by atoms with Crippen molar-refractivity contribution >= 4 is 21.6 Å². The molecule has 0 unspecified atom stereocenters. The molecule has 8 heteroatoms. The topological polar surface area (TPSA) is 82.3 Å². The SMILES string of the molecule is CN1CCC(NS(=O)(=O)c2c[nH]c(=O)c(Cl)c2)CC1. The number of hydrogen-bond donors (Lipinski definition) is 2. The molecule has 0 bridgehead atoms. The van der Waals surface area contributed by atoms with Crippen LogP contribution in [0.15, 0.2) is 22.0 Å². The number of likely N-dealkylation sites (tertiary alicyclic amines) is 1. The molecule has 1 aromatic rings. The fourth-order valence-corrected chi connectivity index (χ4v) is 3.54. The van der Waals surface area contributed by atoms with Crippen LogP contribution in [0.25, 0.3) is 0 Å². The molecular weight excluding hydrogens is 290 g/mol. The van der Waals surface area contributed by atoms with Crippen LogP contribution in [0.5, 0.6) is 0 Å². The van der Waals surface area contributed by atoms with Crippen molar-refractivity contribution in [2.45, 2.75) is 23.8 Å². The maximum absolute atomic E-state index is 12.1. The van der Waals surface area contributed by atoms with Gasteiger partial charge < -0.3 is 9.88 Å². The van der Waals surface area contributed by atoms with Crippen LogP contribution in [-0.4, -0.2) is 44.5 Å². The predicted molar refractivity (Wildman–Crippen MR) is 72.9 cm³/mol. The number of hydrogen-bond acceptors (Lipinski definition) is 4. The third kappa shape index (κ3) is 3.56. The number of halogens is 1. The lowest BCUT2D eigenvalue weighted by atomic mass is 10.1. The van der Waals surface area contributed by atoms with E-state index in [-0.39, 0.29) is 16.0 Å². The maximum Gasteiger partial charge on any atom is 0.266 e. The first-order chi connectivity index (χ1) is 8.88.